The molecule has 0 fully saturated rings. The fourth-order valence-electron chi connectivity index (χ4n) is 6.76. The van der Waals surface area contributed by atoms with Gasteiger partial charge in [-0.05, 0) is 116 Å². The van der Waals surface area contributed by atoms with E-state index in [1.165, 1.54) is 0 Å². The van der Waals surface area contributed by atoms with Gasteiger partial charge in [-0.25, -0.2) is 4.57 Å². The van der Waals surface area contributed by atoms with Crippen molar-refractivity contribution in [2.45, 2.75) is 200 Å². The van der Waals surface area contributed by atoms with Gasteiger partial charge in [0.1, 0.15) is 6.61 Å². The largest absolute Gasteiger partial charge is 0.472 e. The lowest BCUT2D eigenvalue weighted by molar-refractivity contribution is -0.161. The number of phosphoric ester groups is 1. The molecule has 0 saturated heterocycles. The van der Waals surface area contributed by atoms with E-state index in [1.807, 2.05) is 0 Å². The second kappa shape index (κ2) is 55.2. The molecule has 2 atom stereocenters. The number of rotatable bonds is 49. The van der Waals surface area contributed by atoms with Gasteiger partial charge in [0.25, 0.3) is 0 Å². The van der Waals surface area contributed by atoms with Crippen LogP contribution in [0.5, 0.6) is 0 Å². The van der Waals surface area contributed by atoms with Gasteiger partial charge in [-0.3, -0.25) is 18.6 Å². The van der Waals surface area contributed by atoms with Crippen LogP contribution in [0.3, 0.4) is 0 Å². The molecule has 10 heteroatoms. The lowest BCUT2D eigenvalue weighted by Gasteiger charge is -2.19. The van der Waals surface area contributed by atoms with E-state index >= 15 is 0 Å². The summed E-state index contributed by atoms with van der Waals surface area (Å²) >= 11 is 0. The summed E-state index contributed by atoms with van der Waals surface area (Å²) in [4.78, 5) is 35.1. The summed E-state index contributed by atoms with van der Waals surface area (Å²) in [5.74, 6) is -0.874. The summed E-state index contributed by atoms with van der Waals surface area (Å²) < 4.78 is 32.9. The van der Waals surface area contributed by atoms with Crippen LogP contribution < -0.4 is 5.73 Å². The molecule has 0 aromatic carbocycles. The molecule has 0 bridgehead atoms. The molecule has 0 aliphatic heterocycles. The van der Waals surface area contributed by atoms with Gasteiger partial charge in [0, 0.05) is 19.4 Å². The highest BCUT2D eigenvalue weighted by Gasteiger charge is 2.26. The second-order valence-corrected chi connectivity index (χ2v) is 18.8. The van der Waals surface area contributed by atoms with E-state index in [0.717, 1.165) is 154 Å². The van der Waals surface area contributed by atoms with Crippen LogP contribution in [0, 0.1) is 0 Å². The Bertz CT molecular complexity index is 1660. The lowest BCUT2D eigenvalue weighted by Crippen LogP contribution is -2.29. The van der Waals surface area contributed by atoms with Crippen molar-refractivity contribution in [2.24, 2.45) is 5.73 Å². The van der Waals surface area contributed by atoms with E-state index in [9.17, 15) is 19.0 Å². The number of carbonyl (C=O) groups excluding carboxylic acids is 2. The third kappa shape index (κ3) is 55.1. The molecule has 9 nitrogen and oxygen atoms in total. The molecule has 0 spiro atoms. The van der Waals surface area contributed by atoms with Gasteiger partial charge in [-0.1, -0.05) is 211 Å². The third-order valence-electron chi connectivity index (χ3n) is 10.7. The van der Waals surface area contributed by atoms with E-state index in [4.69, 9.17) is 24.3 Å². The maximum Gasteiger partial charge on any atom is 0.472 e. The molecule has 2 unspecified atom stereocenters. The molecule has 0 radical (unpaired) electrons. The Morgan fingerprint density at radius 2 is 0.732 bits per heavy atom. The van der Waals surface area contributed by atoms with Crippen molar-refractivity contribution in [3.8, 4) is 0 Å². The number of phosphoric acid groups is 1. The topological polar surface area (TPSA) is 134 Å². The van der Waals surface area contributed by atoms with Crippen molar-refractivity contribution in [3.63, 3.8) is 0 Å². The Hall–Kier alpha value is -4.11. The third-order valence-corrected chi connectivity index (χ3v) is 11.7. The normalized spacial score (nSPS) is 14.3. The Balaban J connectivity index is 4.12. The first-order valence-electron chi connectivity index (χ1n) is 27.3. The van der Waals surface area contributed by atoms with Crippen LogP contribution in [0.1, 0.15) is 194 Å². The molecule has 3 N–H and O–H groups in total. The van der Waals surface area contributed by atoms with E-state index in [-0.39, 0.29) is 32.6 Å². The molecule has 0 aromatic rings. The zero-order valence-corrected chi connectivity index (χ0v) is 45.3. The number of ether oxygens (including phenoxy) is 2. The molecule has 0 aromatic heterocycles. The highest BCUT2D eigenvalue weighted by atomic mass is 31.2. The Morgan fingerprint density at radius 1 is 0.423 bits per heavy atom. The standard InChI is InChI=1S/C61H98NO8P/c1-3-5-7-9-11-13-15-17-19-21-23-24-25-26-27-28-29-30-31-32-33-34-36-38-40-42-44-46-48-50-52-54-61(64)70-59(58-69-71(65,66)68-56-55-62)57-67-60(63)53-51-49-47-45-43-41-39-37-35-22-20-18-16-14-12-10-8-6-4-2/h5-8,11-14,17-20,23-24,26-27,29-30,32-33,35-38,59H,3-4,9-10,15-16,21-22,25,28,31,34,39-58,62H2,1-2H3,(H,65,66)/b7-5-,8-6-,13-11-,14-12-,19-17-,20-18-,24-23-,27-26-,30-29-,33-32-,37-35-,38-36-. The molecule has 0 saturated carbocycles. The number of allylic oxidation sites excluding steroid dienone is 24. The fraction of sp³-hybridized carbons (Fsp3) is 0.574. The van der Waals surface area contributed by atoms with Crippen LogP contribution in [0.2, 0.25) is 0 Å². The molecule has 0 heterocycles. The van der Waals surface area contributed by atoms with Crippen LogP contribution in [0.25, 0.3) is 0 Å². The predicted molar refractivity (Wildman–Crippen MR) is 302 cm³/mol. The van der Waals surface area contributed by atoms with Crippen molar-refractivity contribution in [2.75, 3.05) is 26.4 Å². The van der Waals surface area contributed by atoms with Crippen molar-refractivity contribution in [1.82, 2.24) is 0 Å². The molecule has 400 valence electrons. The van der Waals surface area contributed by atoms with Crippen LogP contribution in [0.4, 0.5) is 0 Å². The van der Waals surface area contributed by atoms with Crippen LogP contribution in [-0.2, 0) is 32.7 Å². The van der Waals surface area contributed by atoms with Crippen molar-refractivity contribution in [1.29, 1.82) is 0 Å². The van der Waals surface area contributed by atoms with Crippen molar-refractivity contribution >= 4 is 19.8 Å². The lowest BCUT2D eigenvalue weighted by atomic mass is 10.1. The Morgan fingerprint density at radius 3 is 1.08 bits per heavy atom. The smallest absolute Gasteiger partial charge is 0.462 e. The minimum Gasteiger partial charge on any atom is -0.462 e. The van der Waals surface area contributed by atoms with Gasteiger partial charge >= 0.3 is 19.8 Å². The summed E-state index contributed by atoms with van der Waals surface area (Å²) in [6.07, 6.45) is 78.9. The van der Waals surface area contributed by atoms with E-state index in [1.54, 1.807) is 0 Å². The molecule has 0 amide bonds. The highest BCUT2D eigenvalue weighted by Crippen LogP contribution is 2.43. The zero-order chi connectivity index (χ0) is 51.7. The Labute approximate surface area is 433 Å². The Kier molecular flexibility index (Phi) is 52.0. The van der Waals surface area contributed by atoms with Crippen molar-refractivity contribution in [3.05, 3.63) is 146 Å². The maximum atomic E-state index is 12.7. The van der Waals surface area contributed by atoms with Gasteiger partial charge in [-0.15, -0.1) is 0 Å². The minimum atomic E-state index is -4.41. The van der Waals surface area contributed by atoms with Gasteiger partial charge in [-0.2, -0.15) is 0 Å². The number of carbonyl (C=O) groups is 2. The molecular weight excluding hydrogens is 906 g/mol. The van der Waals surface area contributed by atoms with E-state index in [0.29, 0.717) is 12.8 Å². The first-order valence-corrected chi connectivity index (χ1v) is 28.8. The number of hydrogen-bond acceptors (Lipinski definition) is 8. The van der Waals surface area contributed by atoms with Crippen molar-refractivity contribution < 1.29 is 37.6 Å². The van der Waals surface area contributed by atoms with Gasteiger partial charge in [0.2, 0.25) is 0 Å². The summed E-state index contributed by atoms with van der Waals surface area (Å²) in [6, 6.07) is 0. The SMILES string of the molecule is CC/C=C\C/C=C\C/C=C\C/C=C\C/C=C\C/C=C\C/C=C\C/C=C\CCCCCCCCC(=O)OC(COC(=O)CCCCCCCC/C=C\C/C=C\C/C=C\C/C=C\CC)COP(=O)(O)OCCN. The van der Waals surface area contributed by atoms with E-state index in [2.05, 4.69) is 160 Å². The summed E-state index contributed by atoms with van der Waals surface area (Å²) in [5.41, 5.74) is 5.37. The molecule has 71 heavy (non-hydrogen) atoms. The maximum absolute atomic E-state index is 12.7. The first kappa shape index (κ1) is 66.9. The summed E-state index contributed by atoms with van der Waals surface area (Å²) in [7, 11) is -4.41. The molecule has 0 rings (SSSR count). The second-order valence-electron chi connectivity index (χ2n) is 17.3. The van der Waals surface area contributed by atoms with Gasteiger partial charge < -0.3 is 20.1 Å². The minimum absolute atomic E-state index is 0.0398. The summed E-state index contributed by atoms with van der Waals surface area (Å²) in [6.45, 7) is 3.45. The number of hydrogen-bond donors (Lipinski definition) is 2. The average Bonchev–Trinajstić information content (AvgIpc) is 3.36. The summed E-state index contributed by atoms with van der Waals surface area (Å²) in [5, 5.41) is 0. The quantitative estimate of drug-likeness (QED) is 0.0264. The van der Waals surface area contributed by atoms with Crippen LogP contribution in [-0.4, -0.2) is 49.3 Å². The number of esters is 2. The average molecular weight is 1000 g/mol. The molecule has 0 aliphatic carbocycles. The fourth-order valence-corrected chi connectivity index (χ4v) is 7.52. The predicted octanol–water partition coefficient (Wildman–Crippen LogP) is 17.2. The first-order chi connectivity index (χ1) is 34.8. The van der Waals surface area contributed by atoms with Crippen LogP contribution in [0.15, 0.2) is 146 Å². The zero-order valence-electron chi connectivity index (χ0n) is 44.4. The van der Waals surface area contributed by atoms with E-state index < -0.39 is 32.5 Å². The number of unbranched alkanes of at least 4 members (excludes halogenated alkanes) is 12. The molecular formula is C61H98NO8P. The van der Waals surface area contributed by atoms with Gasteiger partial charge in [0.05, 0.1) is 13.2 Å². The number of nitrogens with two attached hydrogens (primary N) is 1. The molecule has 0 aliphatic rings. The monoisotopic (exact) mass is 1000 g/mol. The highest BCUT2D eigenvalue weighted by molar-refractivity contribution is 7.47. The van der Waals surface area contributed by atoms with Gasteiger partial charge in [0.15, 0.2) is 6.10 Å². The van der Waals surface area contributed by atoms with Crippen LogP contribution >= 0.6 is 7.82 Å².